The van der Waals surface area contributed by atoms with Crippen LogP contribution in [-0.4, -0.2) is 10.9 Å². The number of carbonyl (C=O) groups excluding carboxylic acids is 1. The van der Waals surface area contributed by atoms with Gasteiger partial charge in [0.25, 0.3) is 5.91 Å². The summed E-state index contributed by atoms with van der Waals surface area (Å²) in [5.74, 6) is 0.0534. The van der Waals surface area contributed by atoms with E-state index in [0.29, 0.717) is 11.3 Å². The number of anilines is 1. The highest BCUT2D eigenvalue weighted by Gasteiger charge is 2.31. The van der Waals surface area contributed by atoms with E-state index in [1.165, 1.54) is 12.3 Å². The van der Waals surface area contributed by atoms with Crippen LogP contribution in [-0.2, 0) is 6.18 Å². The Balaban J connectivity index is 1.65. The monoisotopic (exact) mass is 520 g/mol. The fourth-order valence-corrected chi connectivity index (χ4v) is 3.43. The highest BCUT2D eigenvalue weighted by Crippen LogP contribution is 2.35. The first-order chi connectivity index (χ1) is 15.2. The topological polar surface area (TPSA) is 55.1 Å². The van der Waals surface area contributed by atoms with Crippen molar-refractivity contribution in [1.82, 2.24) is 4.98 Å². The number of hydrogen-bond acceptors (Lipinski definition) is 3. The minimum absolute atomic E-state index is 0.0162. The molecule has 32 heavy (non-hydrogen) atoms. The Morgan fingerprint density at radius 3 is 2.47 bits per heavy atom. The maximum atomic E-state index is 13.0. The average molecular weight is 522 g/mol. The van der Waals surface area contributed by atoms with Crippen molar-refractivity contribution in [3.63, 3.8) is 0 Å². The SMILES string of the molecule is O=C(Nc1cc(C(F)(F)F)ccc1Cl)c1ccccc1-c1ncc(-c2ccc(Br)cc2)o1. The second-order valence-corrected chi connectivity index (χ2v) is 8.05. The van der Waals surface area contributed by atoms with E-state index < -0.39 is 17.6 Å². The summed E-state index contributed by atoms with van der Waals surface area (Å²) in [6.07, 6.45) is -3.03. The van der Waals surface area contributed by atoms with E-state index in [-0.39, 0.29) is 22.2 Å². The molecule has 0 fully saturated rings. The Hall–Kier alpha value is -3.10. The molecule has 0 aliphatic rings. The predicted octanol–water partition coefficient (Wildman–Crippen LogP) is 7.70. The molecular formula is C23H13BrClF3N2O2. The molecular weight excluding hydrogens is 509 g/mol. The molecule has 0 spiro atoms. The minimum Gasteiger partial charge on any atom is -0.436 e. The number of alkyl halides is 3. The maximum Gasteiger partial charge on any atom is 0.416 e. The van der Waals surface area contributed by atoms with Gasteiger partial charge in [0.1, 0.15) is 0 Å². The van der Waals surface area contributed by atoms with Gasteiger partial charge < -0.3 is 9.73 Å². The number of nitrogens with one attached hydrogen (secondary N) is 1. The molecule has 1 aromatic heterocycles. The smallest absolute Gasteiger partial charge is 0.416 e. The minimum atomic E-state index is -4.57. The summed E-state index contributed by atoms with van der Waals surface area (Å²) in [5, 5.41) is 2.43. The lowest BCUT2D eigenvalue weighted by Gasteiger charge is -2.12. The molecule has 1 N–H and O–H groups in total. The number of oxazole rings is 1. The quantitative estimate of drug-likeness (QED) is 0.299. The summed E-state index contributed by atoms with van der Waals surface area (Å²) in [6.45, 7) is 0. The number of amides is 1. The van der Waals surface area contributed by atoms with Gasteiger partial charge in [-0.2, -0.15) is 13.2 Å². The van der Waals surface area contributed by atoms with Crippen LogP contribution in [0.2, 0.25) is 5.02 Å². The van der Waals surface area contributed by atoms with Gasteiger partial charge in [0.2, 0.25) is 5.89 Å². The second kappa shape index (κ2) is 8.80. The molecule has 0 aliphatic heterocycles. The molecule has 0 unspecified atom stereocenters. The molecule has 0 saturated heterocycles. The van der Waals surface area contributed by atoms with Crippen molar-refractivity contribution < 1.29 is 22.4 Å². The Labute approximate surface area is 194 Å². The first kappa shape index (κ1) is 22.1. The molecule has 1 heterocycles. The van der Waals surface area contributed by atoms with Gasteiger partial charge in [-0.3, -0.25) is 4.79 Å². The van der Waals surface area contributed by atoms with Crippen LogP contribution in [0.25, 0.3) is 22.8 Å². The average Bonchev–Trinajstić information content (AvgIpc) is 3.25. The van der Waals surface area contributed by atoms with Gasteiger partial charge in [-0.15, -0.1) is 0 Å². The van der Waals surface area contributed by atoms with Gasteiger partial charge in [0.05, 0.1) is 28.0 Å². The first-order valence-electron chi connectivity index (χ1n) is 9.21. The number of benzene rings is 3. The van der Waals surface area contributed by atoms with E-state index in [1.54, 1.807) is 18.2 Å². The van der Waals surface area contributed by atoms with E-state index in [9.17, 15) is 18.0 Å². The predicted molar refractivity (Wildman–Crippen MR) is 119 cm³/mol. The lowest BCUT2D eigenvalue weighted by molar-refractivity contribution is -0.137. The molecule has 4 nitrogen and oxygen atoms in total. The van der Waals surface area contributed by atoms with Crippen LogP contribution in [0.4, 0.5) is 18.9 Å². The van der Waals surface area contributed by atoms with E-state index in [2.05, 4.69) is 26.2 Å². The van der Waals surface area contributed by atoms with E-state index in [4.69, 9.17) is 16.0 Å². The zero-order valence-electron chi connectivity index (χ0n) is 16.1. The molecule has 1 amide bonds. The van der Waals surface area contributed by atoms with Gasteiger partial charge >= 0.3 is 6.18 Å². The molecule has 0 radical (unpaired) electrons. The molecule has 9 heteroatoms. The van der Waals surface area contributed by atoms with Crippen LogP contribution < -0.4 is 5.32 Å². The van der Waals surface area contributed by atoms with Crippen molar-refractivity contribution in [2.45, 2.75) is 6.18 Å². The molecule has 162 valence electrons. The summed E-state index contributed by atoms with van der Waals surface area (Å²) in [7, 11) is 0. The third kappa shape index (κ3) is 4.71. The summed E-state index contributed by atoms with van der Waals surface area (Å²) in [5.41, 5.74) is 0.285. The lowest BCUT2D eigenvalue weighted by Crippen LogP contribution is -2.14. The van der Waals surface area contributed by atoms with E-state index in [1.807, 2.05) is 24.3 Å². The highest BCUT2D eigenvalue weighted by molar-refractivity contribution is 9.10. The number of aromatic nitrogens is 1. The van der Waals surface area contributed by atoms with Gasteiger partial charge in [-0.05, 0) is 42.5 Å². The third-order valence-corrected chi connectivity index (χ3v) is 5.44. The maximum absolute atomic E-state index is 13.0. The van der Waals surface area contributed by atoms with Crippen molar-refractivity contribution in [3.8, 4) is 22.8 Å². The summed E-state index contributed by atoms with van der Waals surface area (Å²) < 4.78 is 45.8. The Bertz CT molecular complexity index is 1290. The van der Waals surface area contributed by atoms with E-state index >= 15 is 0 Å². The normalized spacial score (nSPS) is 11.4. The van der Waals surface area contributed by atoms with Crippen molar-refractivity contribution >= 4 is 39.1 Å². The fraction of sp³-hybridized carbons (Fsp3) is 0.0435. The van der Waals surface area contributed by atoms with Crippen LogP contribution >= 0.6 is 27.5 Å². The van der Waals surface area contributed by atoms with Gasteiger partial charge in [0, 0.05) is 15.6 Å². The van der Waals surface area contributed by atoms with Crippen molar-refractivity contribution in [1.29, 1.82) is 0 Å². The molecule has 0 aliphatic carbocycles. The number of hydrogen-bond donors (Lipinski definition) is 1. The van der Waals surface area contributed by atoms with Gasteiger partial charge in [-0.1, -0.05) is 51.8 Å². The molecule has 4 aromatic rings. The number of carbonyl (C=O) groups is 1. The number of halogens is 5. The third-order valence-electron chi connectivity index (χ3n) is 4.58. The van der Waals surface area contributed by atoms with Gasteiger partial charge in [0.15, 0.2) is 5.76 Å². The standard InChI is InChI=1S/C23H13BrClF3N2O2/c24-15-8-5-13(6-9-15)20-12-29-22(32-20)17-4-2-1-3-16(17)21(31)30-19-11-14(23(26,27)28)7-10-18(19)25/h1-12H,(H,30,31). The summed E-state index contributed by atoms with van der Waals surface area (Å²) >= 11 is 9.37. The van der Waals surface area contributed by atoms with Crippen LogP contribution in [0.1, 0.15) is 15.9 Å². The zero-order chi connectivity index (χ0) is 22.9. The summed E-state index contributed by atoms with van der Waals surface area (Å²) in [4.78, 5) is 17.2. The lowest BCUT2D eigenvalue weighted by atomic mass is 10.1. The van der Waals surface area contributed by atoms with Crippen molar-refractivity contribution in [2.24, 2.45) is 0 Å². The van der Waals surface area contributed by atoms with Crippen LogP contribution in [0.5, 0.6) is 0 Å². The molecule has 0 saturated carbocycles. The van der Waals surface area contributed by atoms with Crippen LogP contribution in [0.15, 0.2) is 81.8 Å². The Kier molecular flexibility index (Phi) is 6.08. The Morgan fingerprint density at radius 2 is 1.75 bits per heavy atom. The van der Waals surface area contributed by atoms with E-state index in [0.717, 1.165) is 28.2 Å². The molecule has 0 atom stereocenters. The number of rotatable bonds is 4. The first-order valence-corrected chi connectivity index (χ1v) is 10.4. The largest absolute Gasteiger partial charge is 0.436 e. The highest BCUT2D eigenvalue weighted by atomic mass is 79.9. The van der Waals surface area contributed by atoms with Crippen molar-refractivity contribution in [3.05, 3.63) is 93.5 Å². The van der Waals surface area contributed by atoms with Gasteiger partial charge in [-0.25, -0.2) is 4.98 Å². The molecule has 0 bridgehead atoms. The number of nitrogens with zero attached hydrogens (tertiary/aromatic N) is 1. The fourth-order valence-electron chi connectivity index (χ4n) is 3.00. The second-order valence-electron chi connectivity index (χ2n) is 6.73. The van der Waals surface area contributed by atoms with Crippen molar-refractivity contribution in [2.75, 3.05) is 5.32 Å². The van der Waals surface area contributed by atoms with Crippen LogP contribution in [0, 0.1) is 0 Å². The summed E-state index contributed by atoms with van der Waals surface area (Å²) in [6, 6.07) is 16.6. The molecule has 3 aromatic carbocycles. The molecule has 4 rings (SSSR count). The van der Waals surface area contributed by atoms with Crippen LogP contribution in [0.3, 0.4) is 0 Å². The Morgan fingerprint density at radius 1 is 1.03 bits per heavy atom. The zero-order valence-corrected chi connectivity index (χ0v) is 18.4.